The maximum Gasteiger partial charge on any atom is 0.176 e. The molecule has 0 bridgehead atoms. The zero-order chi connectivity index (χ0) is 24.3. The number of Topliss-reactive ketones (excluding diaryl/α,β-unsaturated/α-hetero) is 2. The van der Waals surface area contributed by atoms with E-state index in [-0.39, 0.29) is 38.9 Å². The second-order valence-electron chi connectivity index (χ2n) is 11.1. The third-order valence-electron chi connectivity index (χ3n) is 7.02. The lowest BCUT2D eigenvalue weighted by Gasteiger charge is -2.49. The first-order valence-electron chi connectivity index (χ1n) is 11.8. The van der Waals surface area contributed by atoms with Crippen LogP contribution in [0.25, 0.3) is 0 Å². The Kier molecular flexibility index (Phi) is 5.93. The minimum absolute atomic E-state index is 0.0797. The number of nitrogens with zero attached hydrogens (tertiary/aromatic N) is 1. The SMILES string of the molecule is CCOc1cc(C2C3=C(CC(C)(C)CC3=O)N(CC)C3=C2C(=O)CC(C)(C)C3)cc(Cl)c1O. The van der Waals surface area contributed by atoms with Crippen molar-refractivity contribution in [1.82, 2.24) is 4.90 Å². The van der Waals surface area contributed by atoms with Crippen molar-refractivity contribution >= 4 is 23.2 Å². The average molecular weight is 472 g/mol. The third-order valence-corrected chi connectivity index (χ3v) is 7.31. The van der Waals surface area contributed by atoms with E-state index in [9.17, 15) is 14.7 Å². The largest absolute Gasteiger partial charge is 0.503 e. The van der Waals surface area contributed by atoms with Crippen LogP contribution in [0.4, 0.5) is 0 Å². The van der Waals surface area contributed by atoms with Crippen molar-refractivity contribution in [3.8, 4) is 11.5 Å². The van der Waals surface area contributed by atoms with Gasteiger partial charge in [0.1, 0.15) is 0 Å². The molecule has 0 radical (unpaired) electrons. The van der Waals surface area contributed by atoms with Crippen LogP contribution in [0.15, 0.2) is 34.7 Å². The van der Waals surface area contributed by atoms with Crippen molar-refractivity contribution in [3.05, 3.63) is 45.3 Å². The second-order valence-corrected chi connectivity index (χ2v) is 11.5. The first-order valence-corrected chi connectivity index (χ1v) is 12.2. The highest BCUT2D eigenvalue weighted by molar-refractivity contribution is 6.32. The van der Waals surface area contributed by atoms with Crippen LogP contribution in [0.1, 0.15) is 78.7 Å². The van der Waals surface area contributed by atoms with Crippen molar-refractivity contribution in [3.63, 3.8) is 0 Å². The lowest BCUT2D eigenvalue weighted by Crippen LogP contribution is -2.44. The van der Waals surface area contributed by atoms with Crippen molar-refractivity contribution in [2.45, 2.75) is 73.1 Å². The standard InChI is InChI=1S/C27H34ClNO4/c1-7-29-17-11-26(3,4)13-19(30)23(17)22(24-18(29)12-27(5,6)14-20(24)31)15-9-16(28)25(32)21(10-15)33-8-2/h9-10,22,32H,7-8,11-14H2,1-6H3. The topological polar surface area (TPSA) is 66.8 Å². The number of rotatable bonds is 4. The quantitative estimate of drug-likeness (QED) is 0.570. The number of ether oxygens (including phenoxy) is 1. The molecule has 0 saturated carbocycles. The fourth-order valence-electron chi connectivity index (χ4n) is 5.79. The number of halogens is 1. The average Bonchev–Trinajstić information content (AvgIpc) is 2.68. The van der Waals surface area contributed by atoms with E-state index in [1.165, 1.54) is 0 Å². The predicted octanol–water partition coefficient (Wildman–Crippen LogP) is 6.15. The zero-order valence-corrected chi connectivity index (χ0v) is 21.2. The summed E-state index contributed by atoms with van der Waals surface area (Å²) in [5.41, 5.74) is 3.87. The van der Waals surface area contributed by atoms with Gasteiger partial charge < -0.3 is 14.7 Å². The zero-order valence-electron chi connectivity index (χ0n) is 20.5. The maximum absolute atomic E-state index is 13.6. The summed E-state index contributed by atoms with van der Waals surface area (Å²) in [5, 5.41) is 10.6. The van der Waals surface area contributed by atoms with E-state index < -0.39 is 5.92 Å². The molecule has 0 saturated heterocycles. The molecule has 0 aromatic heterocycles. The van der Waals surface area contributed by atoms with Crippen LogP contribution in [-0.4, -0.2) is 34.7 Å². The molecule has 2 aliphatic carbocycles. The van der Waals surface area contributed by atoms with Gasteiger partial charge in [-0.15, -0.1) is 0 Å². The summed E-state index contributed by atoms with van der Waals surface area (Å²) >= 11 is 6.40. The molecule has 4 rings (SSSR count). The molecular formula is C27H34ClNO4. The molecule has 1 aromatic rings. The molecule has 1 aliphatic heterocycles. The molecule has 178 valence electrons. The highest BCUT2D eigenvalue weighted by Crippen LogP contribution is 2.55. The van der Waals surface area contributed by atoms with Gasteiger partial charge in [0.25, 0.3) is 0 Å². The molecule has 1 N–H and O–H groups in total. The summed E-state index contributed by atoms with van der Waals surface area (Å²) in [4.78, 5) is 29.5. The van der Waals surface area contributed by atoms with Crippen LogP contribution in [0.2, 0.25) is 5.02 Å². The molecule has 6 heteroatoms. The van der Waals surface area contributed by atoms with Crippen LogP contribution >= 0.6 is 11.6 Å². The number of ketones is 2. The highest BCUT2D eigenvalue weighted by atomic mass is 35.5. The van der Waals surface area contributed by atoms with Gasteiger partial charge in [0.2, 0.25) is 0 Å². The van der Waals surface area contributed by atoms with Gasteiger partial charge in [-0.2, -0.15) is 0 Å². The molecule has 1 aromatic carbocycles. The van der Waals surface area contributed by atoms with Gasteiger partial charge in [-0.25, -0.2) is 0 Å². The number of benzene rings is 1. The summed E-state index contributed by atoms with van der Waals surface area (Å²) in [5.74, 6) is -0.187. The van der Waals surface area contributed by atoms with Gasteiger partial charge >= 0.3 is 0 Å². The molecule has 0 fully saturated rings. The Morgan fingerprint density at radius 2 is 1.48 bits per heavy atom. The minimum atomic E-state index is -0.498. The van der Waals surface area contributed by atoms with Crippen molar-refractivity contribution in [1.29, 1.82) is 0 Å². The van der Waals surface area contributed by atoms with E-state index in [1.54, 1.807) is 12.1 Å². The number of hydrogen-bond acceptors (Lipinski definition) is 5. The molecular weight excluding hydrogens is 438 g/mol. The molecule has 3 aliphatic rings. The normalized spacial score (nSPS) is 22.5. The number of allylic oxidation sites excluding steroid dienone is 4. The monoisotopic (exact) mass is 471 g/mol. The van der Waals surface area contributed by atoms with Crippen molar-refractivity contribution in [2.75, 3.05) is 13.2 Å². The summed E-state index contributed by atoms with van der Waals surface area (Å²) in [6, 6.07) is 3.42. The predicted molar refractivity (Wildman–Crippen MR) is 130 cm³/mol. The Hall–Kier alpha value is -2.27. The van der Waals surface area contributed by atoms with E-state index in [4.69, 9.17) is 16.3 Å². The van der Waals surface area contributed by atoms with Crippen LogP contribution in [0.5, 0.6) is 11.5 Å². The van der Waals surface area contributed by atoms with E-state index >= 15 is 0 Å². The molecule has 33 heavy (non-hydrogen) atoms. The summed E-state index contributed by atoms with van der Waals surface area (Å²) in [7, 11) is 0. The maximum atomic E-state index is 13.6. The van der Waals surface area contributed by atoms with Crippen LogP contribution in [0, 0.1) is 10.8 Å². The van der Waals surface area contributed by atoms with Gasteiger partial charge in [0, 0.05) is 47.8 Å². The van der Waals surface area contributed by atoms with Crippen LogP contribution in [0.3, 0.4) is 0 Å². The third kappa shape index (κ3) is 4.09. The number of hydrogen-bond donors (Lipinski definition) is 1. The first-order chi connectivity index (χ1) is 15.4. The molecule has 0 atom stereocenters. The van der Waals surface area contributed by atoms with Crippen molar-refractivity contribution < 1.29 is 19.4 Å². The van der Waals surface area contributed by atoms with E-state index in [0.717, 1.165) is 29.8 Å². The Morgan fingerprint density at radius 1 is 0.970 bits per heavy atom. The number of phenolic OH excluding ortho intramolecular Hbond substituents is 1. The Morgan fingerprint density at radius 3 is 1.94 bits per heavy atom. The minimum Gasteiger partial charge on any atom is -0.503 e. The second kappa shape index (κ2) is 8.19. The van der Waals surface area contributed by atoms with Gasteiger partial charge in [-0.1, -0.05) is 39.3 Å². The van der Waals surface area contributed by atoms with Gasteiger partial charge in [0.05, 0.1) is 11.6 Å². The van der Waals surface area contributed by atoms with Crippen LogP contribution < -0.4 is 4.74 Å². The summed E-state index contributed by atoms with van der Waals surface area (Å²) in [6.07, 6.45) is 2.42. The summed E-state index contributed by atoms with van der Waals surface area (Å²) < 4.78 is 5.64. The number of phenols is 1. The van der Waals surface area contributed by atoms with E-state index in [1.807, 2.05) is 6.92 Å². The first kappa shape index (κ1) is 23.9. The summed E-state index contributed by atoms with van der Waals surface area (Å²) in [6.45, 7) is 13.5. The number of aromatic hydroxyl groups is 1. The highest BCUT2D eigenvalue weighted by Gasteiger charge is 2.48. The number of carbonyl (C=O) groups excluding carboxylic acids is 2. The van der Waals surface area contributed by atoms with E-state index in [2.05, 4.69) is 39.5 Å². The molecule has 0 spiro atoms. The fourth-order valence-corrected chi connectivity index (χ4v) is 6.01. The van der Waals surface area contributed by atoms with Crippen LogP contribution in [-0.2, 0) is 9.59 Å². The lowest BCUT2D eigenvalue weighted by atomic mass is 9.63. The molecule has 1 heterocycles. The number of carbonyl (C=O) groups is 2. The Labute approximate surface area is 201 Å². The van der Waals surface area contributed by atoms with Gasteiger partial charge in [-0.05, 0) is 55.2 Å². The molecule has 0 unspecified atom stereocenters. The lowest BCUT2D eigenvalue weighted by molar-refractivity contribution is -0.119. The fraction of sp³-hybridized carbons (Fsp3) is 0.556. The Bertz CT molecular complexity index is 1040. The van der Waals surface area contributed by atoms with Crippen molar-refractivity contribution in [2.24, 2.45) is 10.8 Å². The van der Waals surface area contributed by atoms with Gasteiger partial charge in [0.15, 0.2) is 23.1 Å². The Balaban J connectivity index is 2.01. The molecule has 0 amide bonds. The van der Waals surface area contributed by atoms with Gasteiger partial charge in [-0.3, -0.25) is 9.59 Å². The van der Waals surface area contributed by atoms with E-state index in [0.29, 0.717) is 37.1 Å². The smallest absolute Gasteiger partial charge is 0.176 e. The molecule has 5 nitrogen and oxygen atoms in total.